The van der Waals surface area contributed by atoms with Gasteiger partial charge in [0.05, 0.1) is 0 Å². The first-order chi connectivity index (χ1) is 4.20. The summed E-state index contributed by atoms with van der Waals surface area (Å²) in [6, 6.07) is -0.397. The highest BCUT2D eigenvalue weighted by molar-refractivity contribution is 5.73. The lowest BCUT2D eigenvalue weighted by Gasteiger charge is -2.00. The van der Waals surface area contributed by atoms with E-state index in [1.54, 1.807) is 0 Å². The van der Waals surface area contributed by atoms with Crippen molar-refractivity contribution in [2.45, 2.75) is 18.5 Å². The zero-order valence-corrected chi connectivity index (χ0v) is 5.00. The zero-order valence-electron chi connectivity index (χ0n) is 5.00. The predicted octanol–water partition coefficient (Wildman–Crippen LogP) is -1.24. The van der Waals surface area contributed by atoms with Crippen molar-refractivity contribution in [3.63, 3.8) is 0 Å². The molecule has 0 bridgehead atoms. The molecule has 0 saturated carbocycles. The van der Waals surface area contributed by atoms with Crippen molar-refractivity contribution >= 4 is 5.97 Å². The highest BCUT2D eigenvalue weighted by atomic mass is 16.4. The van der Waals surface area contributed by atoms with Crippen molar-refractivity contribution in [1.82, 2.24) is 5.32 Å². The van der Waals surface area contributed by atoms with Crippen molar-refractivity contribution in [3.8, 4) is 0 Å². The summed E-state index contributed by atoms with van der Waals surface area (Å²) in [5.41, 5.74) is 5.44. The van der Waals surface area contributed by atoms with Crippen molar-refractivity contribution in [1.29, 1.82) is 0 Å². The number of carboxylic acids is 1. The van der Waals surface area contributed by atoms with Crippen LogP contribution in [0.2, 0.25) is 0 Å². The van der Waals surface area contributed by atoms with Crippen LogP contribution in [0.1, 0.15) is 6.42 Å². The lowest BCUT2D eigenvalue weighted by atomic mass is 10.2. The SMILES string of the molecule is NC1CN[C@H](C(=O)O)C1. The molecule has 0 aliphatic carbocycles. The summed E-state index contributed by atoms with van der Waals surface area (Å²) >= 11 is 0. The lowest BCUT2D eigenvalue weighted by molar-refractivity contribution is -0.139. The Kier molecular flexibility index (Phi) is 1.68. The number of hydrogen-bond acceptors (Lipinski definition) is 3. The van der Waals surface area contributed by atoms with E-state index in [9.17, 15) is 4.79 Å². The summed E-state index contributed by atoms with van der Waals surface area (Å²) in [6.07, 6.45) is 0.551. The smallest absolute Gasteiger partial charge is 0.320 e. The van der Waals surface area contributed by atoms with Crippen LogP contribution < -0.4 is 11.1 Å². The fraction of sp³-hybridized carbons (Fsp3) is 0.800. The molecule has 0 spiro atoms. The third-order valence-corrected chi connectivity index (χ3v) is 1.46. The number of nitrogens with one attached hydrogen (secondary N) is 1. The highest BCUT2D eigenvalue weighted by Gasteiger charge is 2.26. The van der Waals surface area contributed by atoms with Gasteiger partial charge in [-0.15, -0.1) is 0 Å². The van der Waals surface area contributed by atoms with Crippen LogP contribution >= 0.6 is 0 Å². The number of hydrogen-bond donors (Lipinski definition) is 3. The van der Waals surface area contributed by atoms with Crippen molar-refractivity contribution in [2.24, 2.45) is 5.73 Å². The van der Waals surface area contributed by atoms with Gasteiger partial charge in [-0.25, -0.2) is 0 Å². The standard InChI is InChI=1S/C5H10N2O2/c6-3-1-4(5(8)9)7-2-3/h3-4,7H,1-2,6H2,(H,8,9)/t3?,4-/m0/s1. The van der Waals surface area contributed by atoms with Gasteiger partial charge in [-0.1, -0.05) is 0 Å². The summed E-state index contributed by atoms with van der Waals surface area (Å²) < 4.78 is 0. The Morgan fingerprint density at radius 3 is 2.67 bits per heavy atom. The minimum Gasteiger partial charge on any atom is -0.480 e. The summed E-state index contributed by atoms with van der Waals surface area (Å²) in [4.78, 5) is 10.2. The maximum Gasteiger partial charge on any atom is 0.320 e. The van der Waals surface area contributed by atoms with E-state index in [-0.39, 0.29) is 6.04 Å². The fourth-order valence-corrected chi connectivity index (χ4v) is 0.951. The summed E-state index contributed by atoms with van der Waals surface area (Å²) in [5.74, 6) is -0.803. The van der Waals surface area contributed by atoms with Crippen LogP contribution in [-0.4, -0.2) is 29.7 Å². The molecular weight excluding hydrogens is 120 g/mol. The predicted molar refractivity (Wildman–Crippen MR) is 32.0 cm³/mol. The Bertz CT molecular complexity index is 126. The van der Waals surface area contributed by atoms with Gasteiger partial charge >= 0.3 is 5.97 Å². The van der Waals surface area contributed by atoms with Crippen LogP contribution in [0.15, 0.2) is 0 Å². The van der Waals surface area contributed by atoms with Gasteiger partial charge in [-0.3, -0.25) is 4.79 Å². The Labute approximate surface area is 53.0 Å². The first-order valence-electron chi connectivity index (χ1n) is 2.92. The molecule has 4 N–H and O–H groups in total. The minimum atomic E-state index is -0.803. The van der Waals surface area contributed by atoms with E-state index >= 15 is 0 Å². The van der Waals surface area contributed by atoms with Crippen LogP contribution in [0, 0.1) is 0 Å². The highest BCUT2D eigenvalue weighted by Crippen LogP contribution is 2.03. The largest absolute Gasteiger partial charge is 0.480 e. The average molecular weight is 130 g/mol. The van der Waals surface area contributed by atoms with E-state index in [1.807, 2.05) is 0 Å². The Hall–Kier alpha value is -0.610. The van der Waals surface area contributed by atoms with Crippen LogP contribution in [0.3, 0.4) is 0 Å². The van der Waals surface area contributed by atoms with Gasteiger partial charge in [0.1, 0.15) is 6.04 Å². The van der Waals surface area contributed by atoms with E-state index in [2.05, 4.69) is 5.32 Å². The first kappa shape index (κ1) is 6.51. The normalized spacial score (nSPS) is 34.8. The molecule has 2 atom stereocenters. The van der Waals surface area contributed by atoms with E-state index in [4.69, 9.17) is 10.8 Å². The topological polar surface area (TPSA) is 75.3 Å². The van der Waals surface area contributed by atoms with Gasteiger partial charge < -0.3 is 16.2 Å². The van der Waals surface area contributed by atoms with Crippen molar-refractivity contribution in [3.05, 3.63) is 0 Å². The number of rotatable bonds is 1. The second-order valence-corrected chi connectivity index (χ2v) is 2.29. The number of nitrogens with two attached hydrogens (primary N) is 1. The number of aliphatic carboxylic acids is 1. The molecule has 1 aliphatic heterocycles. The van der Waals surface area contributed by atoms with Crippen LogP contribution in [0.4, 0.5) is 0 Å². The monoisotopic (exact) mass is 130 g/mol. The second-order valence-electron chi connectivity index (χ2n) is 2.29. The number of carboxylic acid groups (broad SMARTS) is 1. The molecule has 1 aliphatic rings. The summed E-state index contributed by atoms with van der Waals surface area (Å²) in [5, 5.41) is 11.2. The third-order valence-electron chi connectivity index (χ3n) is 1.46. The van der Waals surface area contributed by atoms with E-state index < -0.39 is 12.0 Å². The van der Waals surface area contributed by atoms with Crippen molar-refractivity contribution < 1.29 is 9.90 Å². The molecule has 1 fully saturated rings. The molecule has 0 aromatic rings. The Balaban J connectivity index is 2.39. The molecule has 1 unspecified atom stereocenters. The molecule has 0 amide bonds. The van der Waals surface area contributed by atoms with E-state index in [0.29, 0.717) is 13.0 Å². The Morgan fingerprint density at radius 2 is 2.44 bits per heavy atom. The molecule has 0 aromatic heterocycles. The molecule has 1 saturated heterocycles. The van der Waals surface area contributed by atoms with E-state index in [1.165, 1.54) is 0 Å². The minimum absolute atomic E-state index is 0.0195. The van der Waals surface area contributed by atoms with Gasteiger partial charge in [0, 0.05) is 12.6 Å². The molecule has 1 rings (SSSR count). The summed E-state index contributed by atoms with van der Waals surface area (Å²) in [7, 11) is 0. The quantitative estimate of drug-likeness (QED) is 0.415. The third kappa shape index (κ3) is 1.40. The molecule has 1 heterocycles. The number of carbonyl (C=O) groups is 1. The fourth-order valence-electron chi connectivity index (χ4n) is 0.951. The maximum absolute atomic E-state index is 10.2. The van der Waals surface area contributed by atoms with Crippen LogP contribution in [-0.2, 0) is 4.79 Å². The van der Waals surface area contributed by atoms with Gasteiger partial charge in [0.2, 0.25) is 0 Å². The first-order valence-corrected chi connectivity index (χ1v) is 2.92. The molecule has 9 heavy (non-hydrogen) atoms. The molecular formula is C5H10N2O2. The second kappa shape index (κ2) is 2.33. The van der Waals surface area contributed by atoms with Gasteiger partial charge in [-0.2, -0.15) is 0 Å². The lowest BCUT2D eigenvalue weighted by Crippen LogP contribution is -2.30. The maximum atomic E-state index is 10.2. The molecule has 0 aromatic carbocycles. The van der Waals surface area contributed by atoms with Gasteiger partial charge in [-0.05, 0) is 6.42 Å². The van der Waals surface area contributed by atoms with Gasteiger partial charge in [0.25, 0.3) is 0 Å². The summed E-state index contributed by atoms with van der Waals surface area (Å²) in [6.45, 7) is 0.622. The zero-order chi connectivity index (χ0) is 6.85. The Morgan fingerprint density at radius 1 is 1.78 bits per heavy atom. The van der Waals surface area contributed by atoms with Crippen LogP contribution in [0.25, 0.3) is 0 Å². The molecule has 4 heteroatoms. The van der Waals surface area contributed by atoms with Crippen LogP contribution in [0.5, 0.6) is 0 Å². The molecule has 0 radical (unpaired) electrons. The molecule has 52 valence electrons. The van der Waals surface area contributed by atoms with E-state index in [0.717, 1.165) is 0 Å². The molecule has 4 nitrogen and oxygen atoms in total. The average Bonchev–Trinajstić information content (AvgIpc) is 2.14. The van der Waals surface area contributed by atoms with Gasteiger partial charge in [0.15, 0.2) is 0 Å². The van der Waals surface area contributed by atoms with Crippen molar-refractivity contribution in [2.75, 3.05) is 6.54 Å².